The number of amides is 1. The van der Waals surface area contributed by atoms with Gasteiger partial charge < -0.3 is 4.90 Å². The van der Waals surface area contributed by atoms with E-state index in [0.29, 0.717) is 6.42 Å². The molecule has 0 bridgehead atoms. The number of aryl methyl sites for hydroxylation is 2. The van der Waals surface area contributed by atoms with Gasteiger partial charge in [0.2, 0.25) is 5.91 Å². The van der Waals surface area contributed by atoms with Gasteiger partial charge in [0.15, 0.2) is 0 Å². The van der Waals surface area contributed by atoms with E-state index < -0.39 is 0 Å². The summed E-state index contributed by atoms with van der Waals surface area (Å²) in [7, 11) is 0. The van der Waals surface area contributed by atoms with Crippen molar-refractivity contribution in [1.82, 2.24) is 9.80 Å². The maximum absolute atomic E-state index is 12.5. The minimum Gasteiger partial charge on any atom is -0.340 e. The highest BCUT2D eigenvalue weighted by molar-refractivity contribution is 5.78. The molecule has 1 amide bonds. The molecular weight excluding hydrogens is 308 g/mol. The van der Waals surface area contributed by atoms with E-state index in [1.54, 1.807) is 0 Å². The Bertz CT molecular complexity index is 675. The second-order valence-electron chi connectivity index (χ2n) is 6.98. The van der Waals surface area contributed by atoms with Crippen LogP contribution in [0.4, 0.5) is 0 Å². The second-order valence-corrected chi connectivity index (χ2v) is 6.98. The lowest BCUT2D eigenvalue weighted by atomic mass is 10.1. The lowest BCUT2D eigenvalue weighted by molar-refractivity contribution is -0.132. The first-order valence-electron chi connectivity index (χ1n) is 9.30. The fourth-order valence-corrected chi connectivity index (χ4v) is 3.48. The number of nitrogens with zero attached hydrogens (tertiary/aromatic N) is 2. The van der Waals surface area contributed by atoms with Gasteiger partial charge in [-0.05, 0) is 37.4 Å². The Morgan fingerprint density at radius 1 is 0.920 bits per heavy atom. The molecule has 2 aromatic carbocycles. The Morgan fingerprint density at radius 2 is 1.64 bits per heavy atom. The normalized spacial score (nSPS) is 15.3. The van der Waals surface area contributed by atoms with E-state index in [9.17, 15) is 4.79 Å². The molecule has 0 atom stereocenters. The first-order chi connectivity index (χ1) is 12.2. The first kappa shape index (κ1) is 17.7. The van der Waals surface area contributed by atoms with Crippen molar-refractivity contribution in [3.8, 4) is 0 Å². The van der Waals surface area contributed by atoms with Crippen molar-refractivity contribution in [2.45, 2.75) is 26.2 Å². The zero-order chi connectivity index (χ0) is 17.5. The van der Waals surface area contributed by atoms with Gasteiger partial charge in [-0.2, -0.15) is 0 Å². The highest BCUT2D eigenvalue weighted by Gasteiger charge is 2.20. The predicted molar refractivity (Wildman–Crippen MR) is 103 cm³/mol. The summed E-state index contributed by atoms with van der Waals surface area (Å²) >= 11 is 0. The van der Waals surface area contributed by atoms with Crippen molar-refractivity contribution >= 4 is 5.91 Å². The highest BCUT2D eigenvalue weighted by atomic mass is 16.2. The third-order valence-electron chi connectivity index (χ3n) is 4.95. The van der Waals surface area contributed by atoms with Gasteiger partial charge in [-0.3, -0.25) is 9.69 Å². The summed E-state index contributed by atoms with van der Waals surface area (Å²) < 4.78 is 0. The maximum atomic E-state index is 12.5. The Hall–Kier alpha value is -2.13. The molecule has 1 saturated heterocycles. The first-order valence-corrected chi connectivity index (χ1v) is 9.30. The molecule has 132 valence electrons. The van der Waals surface area contributed by atoms with Crippen LogP contribution < -0.4 is 0 Å². The SMILES string of the molecule is Cc1cccc(CC(=O)N2CCN(CCCc3ccccc3)CC2)c1. The molecule has 0 unspecified atom stereocenters. The summed E-state index contributed by atoms with van der Waals surface area (Å²) in [6.45, 7) is 6.89. The summed E-state index contributed by atoms with van der Waals surface area (Å²) in [4.78, 5) is 17.0. The van der Waals surface area contributed by atoms with Gasteiger partial charge in [-0.1, -0.05) is 60.2 Å². The van der Waals surface area contributed by atoms with Gasteiger partial charge in [0.05, 0.1) is 6.42 Å². The Balaban J connectivity index is 1.38. The zero-order valence-electron chi connectivity index (χ0n) is 15.2. The third kappa shape index (κ3) is 5.43. The van der Waals surface area contributed by atoms with E-state index in [-0.39, 0.29) is 5.91 Å². The average molecular weight is 336 g/mol. The third-order valence-corrected chi connectivity index (χ3v) is 4.95. The molecule has 1 aliphatic heterocycles. The van der Waals surface area contributed by atoms with Crippen LogP contribution in [0, 0.1) is 6.92 Å². The minimum atomic E-state index is 0.259. The summed E-state index contributed by atoms with van der Waals surface area (Å²) in [5, 5.41) is 0. The van der Waals surface area contributed by atoms with Crippen molar-refractivity contribution < 1.29 is 4.79 Å². The van der Waals surface area contributed by atoms with Crippen LogP contribution in [0.15, 0.2) is 54.6 Å². The van der Waals surface area contributed by atoms with Crippen LogP contribution in [0.5, 0.6) is 0 Å². The van der Waals surface area contributed by atoms with Gasteiger partial charge >= 0.3 is 0 Å². The van der Waals surface area contributed by atoms with Crippen LogP contribution in [-0.2, 0) is 17.6 Å². The number of piperazine rings is 1. The number of carbonyl (C=O) groups excluding carboxylic acids is 1. The van der Waals surface area contributed by atoms with E-state index in [2.05, 4.69) is 54.3 Å². The molecule has 25 heavy (non-hydrogen) atoms. The van der Waals surface area contributed by atoms with Crippen molar-refractivity contribution in [1.29, 1.82) is 0 Å². The van der Waals surface area contributed by atoms with E-state index in [1.807, 2.05) is 17.0 Å². The number of hydrogen-bond acceptors (Lipinski definition) is 2. The van der Waals surface area contributed by atoms with Crippen LogP contribution in [0.2, 0.25) is 0 Å². The maximum Gasteiger partial charge on any atom is 0.227 e. The van der Waals surface area contributed by atoms with E-state index in [1.165, 1.54) is 17.5 Å². The summed E-state index contributed by atoms with van der Waals surface area (Å²) in [6, 6.07) is 18.9. The molecule has 0 saturated carbocycles. The second kappa shape index (κ2) is 8.82. The van der Waals surface area contributed by atoms with Crippen molar-refractivity contribution in [2.24, 2.45) is 0 Å². The molecule has 3 heteroatoms. The standard InChI is InChI=1S/C22H28N2O/c1-19-7-5-10-21(17-19)18-22(25)24-15-13-23(14-16-24)12-6-11-20-8-3-2-4-9-20/h2-5,7-10,17H,6,11-16,18H2,1H3. The number of benzene rings is 2. The smallest absolute Gasteiger partial charge is 0.227 e. The van der Waals surface area contributed by atoms with Crippen molar-refractivity contribution in [2.75, 3.05) is 32.7 Å². The molecule has 1 fully saturated rings. The fourth-order valence-electron chi connectivity index (χ4n) is 3.48. The lowest BCUT2D eigenvalue weighted by Crippen LogP contribution is -2.49. The van der Waals surface area contributed by atoms with Crippen molar-refractivity contribution in [3.05, 3.63) is 71.3 Å². The topological polar surface area (TPSA) is 23.6 Å². The summed E-state index contributed by atoms with van der Waals surface area (Å²) in [5.74, 6) is 0.259. The molecule has 3 rings (SSSR count). The average Bonchev–Trinajstić information content (AvgIpc) is 2.63. The zero-order valence-corrected chi connectivity index (χ0v) is 15.2. The summed E-state index contributed by atoms with van der Waals surface area (Å²) in [5.41, 5.74) is 3.75. The van der Waals surface area contributed by atoms with Crippen LogP contribution in [-0.4, -0.2) is 48.4 Å². The Morgan fingerprint density at radius 3 is 2.36 bits per heavy atom. The lowest BCUT2D eigenvalue weighted by Gasteiger charge is -2.34. The van der Waals surface area contributed by atoms with Gasteiger partial charge in [0, 0.05) is 26.2 Å². The molecule has 0 aliphatic carbocycles. The molecule has 2 aromatic rings. The van der Waals surface area contributed by atoms with Gasteiger partial charge in [0.25, 0.3) is 0 Å². The minimum absolute atomic E-state index is 0.259. The molecule has 1 aliphatic rings. The van der Waals surface area contributed by atoms with Gasteiger partial charge in [-0.15, -0.1) is 0 Å². The number of hydrogen-bond donors (Lipinski definition) is 0. The largest absolute Gasteiger partial charge is 0.340 e. The number of carbonyl (C=O) groups is 1. The monoisotopic (exact) mass is 336 g/mol. The predicted octanol–water partition coefficient (Wildman–Crippen LogP) is 3.31. The van der Waals surface area contributed by atoms with E-state index >= 15 is 0 Å². The molecule has 0 N–H and O–H groups in total. The van der Waals surface area contributed by atoms with E-state index in [4.69, 9.17) is 0 Å². The molecule has 0 aromatic heterocycles. The summed E-state index contributed by atoms with van der Waals surface area (Å²) in [6.07, 6.45) is 2.84. The Kier molecular flexibility index (Phi) is 6.24. The quantitative estimate of drug-likeness (QED) is 0.808. The Labute approximate surface area is 151 Å². The van der Waals surface area contributed by atoms with Crippen LogP contribution >= 0.6 is 0 Å². The number of rotatable bonds is 6. The highest BCUT2D eigenvalue weighted by Crippen LogP contribution is 2.10. The molecule has 0 spiro atoms. The van der Waals surface area contributed by atoms with Gasteiger partial charge in [-0.25, -0.2) is 0 Å². The van der Waals surface area contributed by atoms with Crippen LogP contribution in [0.25, 0.3) is 0 Å². The molecule has 0 radical (unpaired) electrons. The van der Waals surface area contributed by atoms with Crippen LogP contribution in [0.3, 0.4) is 0 Å². The molecular formula is C22H28N2O. The van der Waals surface area contributed by atoms with Gasteiger partial charge in [0.1, 0.15) is 0 Å². The van der Waals surface area contributed by atoms with Crippen LogP contribution in [0.1, 0.15) is 23.1 Å². The molecule has 3 nitrogen and oxygen atoms in total. The molecule has 1 heterocycles. The van der Waals surface area contributed by atoms with Crippen molar-refractivity contribution in [3.63, 3.8) is 0 Å². The fraction of sp³-hybridized carbons (Fsp3) is 0.409. The van der Waals surface area contributed by atoms with E-state index in [0.717, 1.165) is 44.7 Å².